The van der Waals surface area contributed by atoms with E-state index in [1.807, 2.05) is 0 Å². The second-order valence-electron chi connectivity index (χ2n) is 4.35. The number of halogens is 2. The van der Waals surface area contributed by atoms with Gasteiger partial charge in [-0.3, -0.25) is 19.9 Å². The smallest absolute Gasteiger partial charge is 0.269 e. The SMILES string of the molecule is Br.Br.NC(N)=NCCC[C@H](N)C(=O)Nc1ccc([N+](=O)[O-])cc1. The van der Waals surface area contributed by atoms with Crippen molar-refractivity contribution in [3.05, 3.63) is 34.4 Å². The van der Waals surface area contributed by atoms with Crippen LogP contribution in [0.1, 0.15) is 12.8 Å². The molecule has 0 saturated carbocycles. The summed E-state index contributed by atoms with van der Waals surface area (Å²) >= 11 is 0. The van der Waals surface area contributed by atoms with Gasteiger partial charge in [-0.05, 0) is 25.0 Å². The van der Waals surface area contributed by atoms with E-state index in [1.165, 1.54) is 24.3 Å². The van der Waals surface area contributed by atoms with Crippen LogP contribution in [0.5, 0.6) is 0 Å². The molecular formula is C12H20Br2N6O3. The Bertz CT molecular complexity index is 534. The first-order chi connectivity index (χ1) is 9.90. The highest BCUT2D eigenvalue weighted by Gasteiger charge is 2.13. The van der Waals surface area contributed by atoms with Gasteiger partial charge in [0.15, 0.2) is 5.96 Å². The number of nitrogens with one attached hydrogen (secondary N) is 1. The fourth-order valence-electron chi connectivity index (χ4n) is 1.55. The summed E-state index contributed by atoms with van der Waals surface area (Å²) in [6, 6.07) is 4.80. The Morgan fingerprint density at radius 2 is 1.83 bits per heavy atom. The number of hydrogen-bond donors (Lipinski definition) is 4. The Hall–Kier alpha value is -1.72. The Balaban J connectivity index is 0. The maximum absolute atomic E-state index is 11.8. The van der Waals surface area contributed by atoms with Gasteiger partial charge in [-0.15, -0.1) is 34.0 Å². The van der Waals surface area contributed by atoms with Crippen LogP contribution in [-0.4, -0.2) is 29.4 Å². The number of nitro groups is 1. The van der Waals surface area contributed by atoms with Crippen LogP contribution in [-0.2, 0) is 4.79 Å². The second kappa shape index (κ2) is 11.8. The molecule has 9 nitrogen and oxygen atoms in total. The van der Waals surface area contributed by atoms with Crippen LogP contribution >= 0.6 is 34.0 Å². The first-order valence-electron chi connectivity index (χ1n) is 6.26. The molecule has 0 spiro atoms. The van der Waals surface area contributed by atoms with Crippen molar-refractivity contribution in [2.45, 2.75) is 18.9 Å². The van der Waals surface area contributed by atoms with E-state index >= 15 is 0 Å². The van der Waals surface area contributed by atoms with Crippen molar-refractivity contribution in [3.63, 3.8) is 0 Å². The molecular weight excluding hydrogens is 436 g/mol. The van der Waals surface area contributed by atoms with Gasteiger partial charge in [0.25, 0.3) is 5.69 Å². The van der Waals surface area contributed by atoms with Crippen molar-refractivity contribution in [1.82, 2.24) is 0 Å². The van der Waals surface area contributed by atoms with E-state index in [9.17, 15) is 14.9 Å². The molecule has 0 bridgehead atoms. The molecule has 0 heterocycles. The van der Waals surface area contributed by atoms with Crippen molar-refractivity contribution < 1.29 is 9.72 Å². The van der Waals surface area contributed by atoms with Crippen LogP contribution in [0.4, 0.5) is 11.4 Å². The molecule has 1 amide bonds. The normalized spacial score (nSPS) is 10.5. The molecule has 0 aliphatic heterocycles. The summed E-state index contributed by atoms with van der Waals surface area (Å²) in [5, 5.41) is 13.1. The summed E-state index contributed by atoms with van der Waals surface area (Å²) in [5.41, 5.74) is 16.5. The van der Waals surface area contributed by atoms with Gasteiger partial charge in [-0.2, -0.15) is 0 Å². The number of aliphatic imine (C=N–C) groups is 1. The second-order valence-corrected chi connectivity index (χ2v) is 4.35. The average Bonchev–Trinajstić information content (AvgIpc) is 2.43. The largest absolute Gasteiger partial charge is 0.370 e. The molecule has 23 heavy (non-hydrogen) atoms. The molecule has 0 aliphatic rings. The zero-order chi connectivity index (χ0) is 15.8. The number of non-ortho nitro benzene ring substituents is 1. The molecule has 11 heteroatoms. The number of anilines is 1. The molecule has 7 N–H and O–H groups in total. The Kier molecular flexibility index (Phi) is 12.1. The Morgan fingerprint density at radius 1 is 1.26 bits per heavy atom. The maximum Gasteiger partial charge on any atom is 0.269 e. The van der Waals surface area contributed by atoms with E-state index in [1.54, 1.807) is 0 Å². The quantitative estimate of drug-likeness (QED) is 0.158. The summed E-state index contributed by atoms with van der Waals surface area (Å²) < 4.78 is 0. The summed E-state index contributed by atoms with van der Waals surface area (Å²) in [6.45, 7) is 0.404. The molecule has 0 saturated heterocycles. The highest BCUT2D eigenvalue weighted by Crippen LogP contribution is 2.15. The standard InChI is InChI=1S/C12H18N6O3.2BrH/c13-10(2-1-7-16-12(14)15)11(19)17-8-3-5-9(6-4-8)18(20)21;;/h3-6,10H,1-2,7,13H2,(H,17,19)(H4,14,15,16);2*1H/t10-;;/m0../s1. The van der Waals surface area contributed by atoms with E-state index in [4.69, 9.17) is 17.2 Å². The van der Waals surface area contributed by atoms with Crippen LogP contribution in [0.2, 0.25) is 0 Å². The molecule has 0 radical (unpaired) electrons. The third-order valence-electron chi connectivity index (χ3n) is 2.65. The number of guanidine groups is 1. The third kappa shape index (κ3) is 9.11. The van der Waals surface area contributed by atoms with Gasteiger partial charge in [0.2, 0.25) is 5.91 Å². The van der Waals surface area contributed by atoms with E-state index in [0.717, 1.165) is 0 Å². The van der Waals surface area contributed by atoms with Crippen molar-refractivity contribution >= 4 is 57.2 Å². The molecule has 0 aromatic heterocycles. The van der Waals surface area contributed by atoms with Gasteiger partial charge in [0.05, 0.1) is 11.0 Å². The number of benzene rings is 1. The fraction of sp³-hybridized carbons (Fsp3) is 0.333. The fourth-order valence-corrected chi connectivity index (χ4v) is 1.55. The lowest BCUT2D eigenvalue weighted by molar-refractivity contribution is -0.384. The first-order valence-corrected chi connectivity index (χ1v) is 6.26. The number of hydrogen-bond acceptors (Lipinski definition) is 5. The van der Waals surface area contributed by atoms with E-state index in [2.05, 4.69) is 10.3 Å². The van der Waals surface area contributed by atoms with Gasteiger partial charge in [-0.1, -0.05) is 0 Å². The molecule has 0 unspecified atom stereocenters. The van der Waals surface area contributed by atoms with Gasteiger partial charge in [0.1, 0.15) is 0 Å². The molecule has 1 aromatic carbocycles. The number of nitro benzene ring substituents is 1. The van der Waals surface area contributed by atoms with Crippen molar-refractivity contribution in [1.29, 1.82) is 0 Å². The Morgan fingerprint density at radius 3 is 2.30 bits per heavy atom. The van der Waals surface area contributed by atoms with Gasteiger partial charge < -0.3 is 22.5 Å². The third-order valence-corrected chi connectivity index (χ3v) is 2.65. The monoisotopic (exact) mass is 454 g/mol. The summed E-state index contributed by atoms with van der Waals surface area (Å²) in [6.07, 6.45) is 1.00. The predicted molar refractivity (Wildman–Crippen MR) is 100 cm³/mol. The molecule has 130 valence electrons. The van der Waals surface area contributed by atoms with Crippen molar-refractivity contribution in [3.8, 4) is 0 Å². The highest BCUT2D eigenvalue weighted by molar-refractivity contribution is 8.93. The molecule has 0 fully saturated rings. The lowest BCUT2D eigenvalue weighted by Gasteiger charge is -2.11. The van der Waals surface area contributed by atoms with E-state index < -0.39 is 11.0 Å². The van der Waals surface area contributed by atoms with E-state index in [0.29, 0.717) is 25.1 Å². The first kappa shape index (κ1) is 23.5. The summed E-state index contributed by atoms with van der Waals surface area (Å²) in [4.78, 5) is 25.6. The number of rotatable bonds is 7. The predicted octanol–water partition coefficient (Wildman–Crippen LogP) is 1.07. The highest BCUT2D eigenvalue weighted by atomic mass is 79.9. The van der Waals surface area contributed by atoms with E-state index in [-0.39, 0.29) is 51.5 Å². The van der Waals surface area contributed by atoms with Crippen LogP contribution in [0.15, 0.2) is 29.3 Å². The lowest BCUT2D eigenvalue weighted by atomic mass is 10.1. The van der Waals surface area contributed by atoms with Gasteiger partial charge in [0, 0.05) is 24.4 Å². The number of amides is 1. The zero-order valence-electron chi connectivity index (χ0n) is 12.2. The van der Waals surface area contributed by atoms with Gasteiger partial charge in [-0.25, -0.2) is 0 Å². The van der Waals surface area contributed by atoms with Crippen LogP contribution in [0, 0.1) is 10.1 Å². The average molecular weight is 456 g/mol. The van der Waals surface area contributed by atoms with Crippen LogP contribution < -0.4 is 22.5 Å². The Labute approximate surface area is 154 Å². The molecule has 1 aromatic rings. The molecule has 1 atom stereocenters. The van der Waals surface area contributed by atoms with Crippen molar-refractivity contribution in [2.75, 3.05) is 11.9 Å². The minimum absolute atomic E-state index is 0. The lowest BCUT2D eigenvalue weighted by Crippen LogP contribution is -2.35. The van der Waals surface area contributed by atoms with Gasteiger partial charge >= 0.3 is 0 Å². The number of carbonyl (C=O) groups is 1. The maximum atomic E-state index is 11.8. The number of nitrogens with two attached hydrogens (primary N) is 3. The topological polar surface area (TPSA) is 163 Å². The number of nitrogens with zero attached hydrogens (tertiary/aromatic N) is 2. The number of carbonyl (C=O) groups excluding carboxylic acids is 1. The molecule has 1 rings (SSSR count). The minimum atomic E-state index is -0.700. The summed E-state index contributed by atoms with van der Waals surface area (Å²) in [5.74, 6) is -0.368. The minimum Gasteiger partial charge on any atom is -0.370 e. The van der Waals surface area contributed by atoms with Crippen molar-refractivity contribution in [2.24, 2.45) is 22.2 Å². The van der Waals surface area contributed by atoms with Crippen LogP contribution in [0.25, 0.3) is 0 Å². The molecule has 0 aliphatic carbocycles. The summed E-state index contributed by atoms with van der Waals surface area (Å²) in [7, 11) is 0. The zero-order valence-corrected chi connectivity index (χ0v) is 15.6. The van der Waals surface area contributed by atoms with Crippen LogP contribution in [0.3, 0.4) is 0 Å².